The van der Waals surface area contributed by atoms with Crippen LogP contribution in [0.1, 0.15) is 5.56 Å². The molecule has 2 aromatic carbocycles. The topological polar surface area (TPSA) is 19.4 Å². The molecule has 0 amide bonds. The third kappa shape index (κ3) is 3.20. The largest absolute Gasteiger partial charge is 0.368 e. The molecule has 0 spiro atoms. The van der Waals surface area contributed by atoms with E-state index in [1.165, 1.54) is 16.6 Å². The van der Waals surface area contributed by atoms with Crippen LogP contribution < -0.4 is 4.90 Å². The minimum Gasteiger partial charge on any atom is -0.368 e. The molecule has 0 unspecified atom stereocenters. The van der Waals surface area contributed by atoms with Gasteiger partial charge >= 0.3 is 0 Å². The Morgan fingerprint density at radius 1 is 0.826 bits per heavy atom. The number of nitrogens with zero attached hydrogens (tertiary/aromatic N) is 3. The SMILES string of the molecule is c1ccc(CN2CCN(c3cnc4ccccc4c3)CC2)cc1. The molecule has 0 N–H and O–H groups in total. The minimum atomic E-state index is 1.05. The van der Waals surface area contributed by atoms with E-state index in [9.17, 15) is 0 Å². The monoisotopic (exact) mass is 303 g/mol. The average molecular weight is 303 g/mol. The first-order chi connectivity index (χ1) is 11.4. The second-order valence-corrected chi connectivity index (χ2v) is 6.14. The maximum Gasteiger partial charge on any atom is 0.0703 e. The summed E-state index contributed by atoms with van der Waals surface area (Å²) >= 11 is 0. The van der Waals surface area contributed by atoms with Crippen molar-refractivity contribution in [2.45, 2.75) is 6.54 Å². The molecule has 3 aromatic rings. The molecule has 4 rings (SSSR count). The van der Waals surface area contributed by atoms with E-state index in [1.54, 1.807) is 0 Å². The highest BCUT2D eigenvalue weighted by Crippen LogP contribution is 2.21. The van der Waals surface area contributed by atoms with Gasteiger partial charge in [-0.2, -0.15) is 0 Å². The van der Waals surface area contributed by atoms with Gasteiger partial charge in [-0.05, 0) is 17.7 Å². The van der Waals surface area contributed by atoms with Crippen LogP contribution >= 0.6 is 0 Å². The summed E-state index contributed by atoms with van der Waals surface area (Å²) in [5, 5.41) is 1.22. The van der Waals surface area contributed by atoms with Gasteiger partial charge in [-0.25, -0.2) is 0 Å². The summed E-state index contributed by atoms with van der Waals surface area (Å²) in [6, 6.07) is 21.3. The van der Waals surface area contributed by atoms with Crippen LogP contribution in [0.15, 0.2) is 66.9 Å². The number of rotatable bonds is 3. The molecule has 1 aliphatic heterocycles. The van der Waals surface area contributed by atoms with E-state index in [4.69, 9.17) is 0 Å². The molecule has 116 valence electrons. The van der Waals surface area contributed by atoms with Gasteiger partial charge in [0.25, 0.3) is 0 Å². The van der Waals surface area contributed by atoms with E-state index < -0.39 is 0 Å². The van der Waals surface area contributed by atoms with E-state index in [0.717, 1.165) is 38.2 Å². The van der Waals surface area contributed by atoms with Crippen LogP contribution in [0, 0.1) is 0 Å². The van der Waals surface area contributed by atoms with E-state index in [2.05, 4.69) is 69.4 Å². The van der Waals surface area contributed by atoms with Gasteiger partial charge in [-0.1, -0.05) is 48.5 Å². The van der Waals surface area contributed by atoms with Gasteiger partial charge in [0, 0.05) is 38.1 Å². The molecule has 0 radical (unpaired) electrons. The number of hydrogen-bond acceptors (Lipinski definition) is 3. The molecule has 2 heterocycles. The molecule has 1 saturated heterocycles. The fourth-order valence-electron chi connectivity index (χ4n) is 3.24. The van der Waals surface area contributed by atoms with E-state index in [-0.39, 0.29) is 0 Å². The van der Waals surface area contributed by atoms with Gasteiger partial charge in [0.2, 0.25) is 0 Å². The number of hydrogen-bond donors (Lipinski definition) is 0. The van der Waals surface area contributed by atoms with Crippen LogP contribution in [-0.2, 0) is 6.54 Å². The van der Waals surface area contributed by atoms with Gasteiger partial charge in [0.05, 0.1) is 17.4 Å². The quantitative estimate of drug-likeness (QED) is 0.737. The molecule has 1 fully saturated rings. The Balaban J connectivity index is 1.42. The Morgan fingerprint density at radius 2 is 1.57 bits per heavy atom. The number of aromatic nitrogens is 1. The molecule has 23 heavy (non-hydrogen) atoms. The summed E-state index contributed by atoms with van der Waals surface area (Å²) in [5.74, 6) is 0. The molecule has 0 atom stereocenters. The average Bonchev–Trinajstić information content (AvgIpc) is 2.63. The molecule has 3 nitrogen and oxygen atoms in total. The van der Waals surface area contributed by atoms with Gasteiger partial charge in [0.15, 0.2) is 0 Å². The van der Waals surface area contributed by atoms with Crippen LogP contribution in [0.2, 0.25) is 0 Å². The Kier molecular flexibility index (Phi) is 3.95. The van der Waals surface area contributed by atoms with Crippen molar-refractivity contribution in [1.82, 2.24) is 9.88 Å². The molecular weight excluding hydrogens is 282 g/mol. The number of piperazine rings is 1. The van der Waals surface area contributed by atoms with Crippen molar-refractivity contribution in [2.75, 3.05) is 31.1 Å². The normalized spacial score (nSPS) is 15.9. The second-order valence-electron chi connectivity index (χ2n) is 6.14. The third-order valence-electron chi connectivity index (χ3n) is 4.56. The standard InChI is InChI=1S/C20H21N3/c1-2-6-17(7-3-1)16-22-10-12-23(13-11-22)19-14-18-8-4-5-9-20(18)21-15-19/h1-9,14-15H,10-13,16H2. The van der Waals surface area contributed by atoms with Crippen LogP contribution in [0.5, 0.6) is 0 Å². The summed E-state index contributed by atoms with van der Waals surface area (Å²) < 4.78 is 0. The maximum absolute atomic E-state index is 4.59. The summed E-state index contributed by atoms with van der Waals surface area (Å²) in [7, 11) is 0. The lowest BCUT2D eigenvalue weighted by Gasteiger charge is -2.36. The van der Waals surface area contributed by atoms with E-state index in [0.29, 0.717) is 0 Å². The predicted molar refractivity (Wildman–Crippen MR) is 95.7 cm³/mol. The van der Waals surface area contributed by atoms with Crippen molar-refractivity contribution < 1.29 is 0 Å². The van der Waals surface area contributed by atoms with Crippen LogP contribution in [0.25, 0.3) is 10.9 Å². The van der Waals surface area contributed by atoms with Crippen molar-refractivity contribution >= 4 is 16.6 Å². The van der Waals surface area contributed by atoms with Gasteiger partial charge in [-0.3, -0.25) is 9.88 Å². The molecule has 3 heteroatoms. The summed E-state index contributed by atoms with van der Waals surface area (Å²) in [4.78, 5) is 9.56. The molecule has 1 aromatic heterocycles. The number of benzene rings is 2. The Bertz CT molecular complexity index is 777. The van der Waals surface area contributed by atoms with Crippen molar-refractivity contribution in [2.24, 2.45) is 0 Å². The third-order valence-corrected chi connectivity index (χ3v) is 4.56. The first-order valence-electron chi connectivity index (χ1n) is 8.24. The molecule has 1 aliphatic rings. The van der Waals surface area contributed by atoms with E-state index in [1.807, 2.05) is 12.3 Å². The smallest absolute Gasteiger partial charge is 0.0703 e. The Morgan fingerprint density at radius 3 is 2.39 bits per heavy atom. The number of para-hydroxylation sites is 1. The molecule has 0 bridgehead atoms. The molecular formula is C20H21N3. The first kappa shape index (κ1) is 14.2. The lowest BCUT2D eigenvalue weighted by Crippen LogP contribution is -2.46. The second kappa shape index (κ2) is 6.39. The van der Waals surface area contributed by atoms with Crippen LogP contribution in [-0.4, -0.2) is 36.1 Å². The molecule has 0 saturated carbocycles. The Labute approximate surface area is 137 Å². The summed E-state index contributed by atoms with van der Waals surface area (Å²) in [6.07, 6.45) is 2.01. The first-order valence-corrected chi connectivity index (χ1v) is 8.24. The van der Waals surface area contributed by atoms with Crippen molar-refractivity contribution in [3.05, 3.63) is 72.4 Å². The van der Waals surface area contributed by atoms with Crippen LogP contribution in [0.4, 0.5) is 5.69 Å². The Hall–Kier alpha value is -2.39. The van der Waals surface area contributed by atoms with Crippen LogP contribution in [0.3, 0.4) is 0 Å². The molecule has 0 aliphatic carbocycles. The van der Waals surface area contributed by atoms with Crippen molar-refractivity contribution in [3.8, 4) is 0 Å². The zero-order valence-electron chi connectivity index (χ0n) is 13.2. The van der Waals surface area contributed by atoms with Crippen molar-refractivity contribution in [1.29, 1.82) is 0 Å². The summed E-state index contributed by atoms with van der Waals surface area (Å²) in [5.41, 5.74) is 3.70. The zero-order chi connectivity index (χ0) is 15.5. The number of fused-ring (bicyclic) bond motifs is 1. The van der Waals surface area contributed by atoms with Gasteiger partial charge in [0.1, 0.15) is 0 Å². The highest BCUT2D eigenvalue weighted by Gasteiger charge is 2.17. The summed E-state index contributed by atoms with van der Waals surface area (Å²) in [6.45, 7) is 5.37. The fraction of sp³-hybridized carbons (Fsp3) is 0.250. The fourth-order valence-corrected chi connectivity index (χ4v) is 3.24. The number of anilines is 1. The maximum atomic E-state index is 4.59. The van der Waals surface area contributed by atoms with Gasteiger partial charge < -0.3 is 4.90 Å². The number of pyridine rings is 1. The van der Waals surface area contributed by atoms with Gasteiger partial charge in [-0.15, -0.1) is 0 Å². The van der Waals surface area contributed by atoms with E-state index >= 15 is 0 Å². The lowest BCUT2D eigenvalue weighted by molar-refractivity contribution is 0.250. The highest BCUT2D eigenvalue weighted by molar-refractivity contribution is 5.81. The zero-order valence-corrected chi connectivity index (χ0v) is 13.2. The van der Waals surface area contributed by atoms with Crippen molar-refractivity contribution in [3.63, 3.8) is 0 Å². The lowest BCUT2D eigenvalue weighted by atomic mass is 10.1. The minimum absolute atomic E-state index is 1.05. The highest BCUT2D eigenvalue weighted by atomic mass is 15.3. The predicted octanol–water partition coefficient (Wildman–Crippen LogP) is 3.56.